The van der Waals surface area contributed by atoms with Crippen molar-refractivity contribution in [2.75, 3.05) is 12.3 Å². The van der Waals surface area contributed by atoms with Gasteiger partial charge in [0, 0.05) is 23.4 Å². The van der Waals surface area contributed by atoms with Gasteiger partial charge >= 0.3 is 0 Å². The summed E-state index contributed by atoms with van der Waals surface area (Å²) in [7, 11) is -1.13. The summed E-state index contributed by atoms with van der Waals surface area (Å²) in [5.74, 6) is 0.559. The van der Waals surface area contributed by atoms with Crippen molar-refractivity contribution in [3.63, 3.8) is 0 Å². The third-order valence-corrected chi connectivity index (χ3v) is 5.05. The van der Waals surface area contributed by atoms with Crippen LogP contribution in [-0.4, -0.2) is 33.7 Å². The molecule has 0 aromatic heterocycles. The second-order valence-corrected chi connectivity index (χ2v) is 6.65. The molecule has 100 valence electrons. The summed E-state index contributed by atoms with van der Waals surface area (Å²) < 4.78 is 12.1. The average molecular weight is 260 g/mol. The van der Waals surface area contributed by atoms with Crippen LogP contribution in [0.2, 0.25) is 0 Å². The van der Waals surface area contributed by atoms with Crippen molar-refractivity contribution in [1.29, 1.82) is 0 Å². The van der Waals surface area contributed by atoms with Gasteiger partial charge in [0.1, 0.15) is 5.75 Å². The standard InChI is InChI=1S/C12H24N2O2S/c1-3-6-14-12(15)8-17(16)11-7-9(2)4-5-10(11)13/h9-11H,3-8,13H2,1-2H3,(H,14,15). The van der Waals surface area contributed by atoms with E-state index in [1.165, 1.54) is 0 Å². The van der Waals surface area contributed by atoms with Crippen molar-refractivity contribution < 1.29 is 9.00 Å². The minimum Gasteiger partial charge on any atom is -0.355 e. The second kappa shape index (κ2) is 7.11. The van der Waals surface area contributed by atoms with E-state index in [-0.39, 0.29) is 23.0 Å². The molecule has 1 amide bonds. The van der Waals surface area contributed by atoms with Gasteiger partial charge in [-0.2, -0.15) is 0 Å². The molecule has 17 heavy (non-hydrogen) atoms. The Morgan fingerprint density at radius 2 is 2.18 bits per heavy atom. The molecule has 0 spiro atoms. The molecular formula is C12H24N2O2S. The SMILES string of the molecule is CCCNC(=O)CS(=O)C1CC(C)CCC1N. The smallest absolute Gasteiger partial charge is 0.232 e. The van der Waals surface area contributed by atoms with Crippen molar-refractivity contribution in [3.05, 3.63) is 0 Å². The first-order chi connectivity index (χ1) is 8.04. The lowest BCUT2D eigenvalue weighted by molar-refractivity contribution is -0.118. The van der Waals surface area contributed by atoms with Gasteiger partial charge < -0.3 is 11.1 Å². The van der Waals surface area contributed by atoms with Gasteiger partial charge in [0.2, 0.25) is 5.91 Å². The summed E-state index contributed by atoms with van der Waals surface area (Å²) in [6.45, 7) is 4.81. The summed E-state index contributed by atoms with van der Waals surface area (Å²) in [5.41, 5.74) is 5.99. The Morgan fingerprint density at radius 1 is 1.47 bits per heavy atom. The van der Waals surface area contributed by atoms with Crippen LogP contribution in [0, 0.1) is 5.92 Å². The topological polar surface area (TPSA) is 72.2 Å². The molecule has 1 rings (SSSR count). The third-order valence-electron chi connectivity index (χ3n) is 3.29. The van der Waals surface area contributed by atoms with E-state index in [1.807, 2.05) is 6.92 Å². The lowest BCUT2D eigenvalue weighted by atomic mass is 9.87. The molecule has 1 fully saturated rings. The number of hydrogen-bond acceptors (Lipinski definition) is 3. The minimum atomic E-state index is -1.13. The van der Waals surface area contributed by atoms with Crippen molar-refractivity contribution in [2.45, 2.75) is 50.8 Å². The van der Waals surface area contributed by atoms with Crippen LogP contribution in [0.1, 0.15) is 39.5 Å². The van der Waals surface area contributed by atoms with E-state index >= 15 is 0 Å². The molecular weight excluding hydrogens is 236 g/mol. The summed E-state index contributed by atoms with van der Waals surface area (Å²) in [6, 6.07) is -0.00833. The highest BCUT2D eigenvalue weighted by Crippen LogP contribution is 2.26. The van der Waals surface area contributed by atoms with E-state index in [1.54, 1.807) is 0 Å². The van der Waals surface area contributed by atoms with Crippen LogP contribution in [0.25, 0.3) is 0 Å². The molecule has 4 nitrogen and oxygen atoms in total. The number of hydrogen-bond donors (Lipinski definition) is 2. The molecule has 1 aliphatic rings. The van der Waals surface area contributed by atoms with E-state index in [2.05, 4.69) is 12.2 Å². The van der Waals surface area contributed by atoms with Crippen molar-refractivity contribution in [3.8, 4) is 0 Å². The first-order valence-corrected chi connectivity index (χ1v) is 7.82. The van der Waals surface area contributed by atoms with Gasteiger partial charge in [-0.25, -0.2) is 0 Å². The maximum atomic E-state index is 12.1. The van der Waals surface area contributed by atoms with Crippen LogP contribution in [-0.2, 0) is 15.6 Å². The van der Waals surface area contributed by atoms with E-state index in [4.69, 9.17) is 5.73 Å². The van der Waals surface area contributed by atoms with Crippen LogP contribution in [0.4, 0.5) is 0 Å². The maximum absolute atomic E-state index is 12.1. The zero-order chi connectivity index (χ0) is 12.8. The van der Waals surface area contributed by atoms with Crippen molar-refractivity contribution in [2.24, 2.45) is 11.7 Å². The van der Waals surface area contributed by atoms with E-state index in [0.29, 0.717) is 12.5 Å². The number of amides is 1. The first kappa shape index (κ1) is 14.6. The summed E-state index contributed by atoms with van der Waals surface area (Å²) in [5, 5.41) is 2.75. The fourth-order valence-corrected chi connectivity index (χ4v) is 3.85. The number of rotatable bonds is 5. The Balaban J connectivity index is 2.42. The quantitative estimate of drug-likeness (QED) is 0.767. The Bertz CT molecular complexity index is 284. The molecule has 5 heteroatoms. The Hall–Kier alpha value is -0.420. The number of carbonyl (C=O) groups excluding carboxylic acids is 1. The predicted octanol–water partition coefficient (Wildman–Crippen LogP) is 0.777. The van der Waals surface area contributed by atoms with Gasteiger partial charge in [0.15, 0.2) is 0 Å². The highest BCUT2D eigenvalue weighted by molar-refractivity contribution is 7.86. The molecule has 3 N–H and O–H groups in total. The highest BCUT2D eigenvalue weighted by Gasteiger charge is 2.31. The molecule has 0 heterocycles. The van der Waals surface area contributed by atoms with Crippen LogP contribution in [0.3, 0.4) is 0 Å². The molecule has 0 aromatic rings. The largest absolute Gasteiger partial charge is 0.355 e. The zero-order valence-electron chi connectivity index (χ0n) is 10.8. The average Bonchev–Trinajstić information content (AvgIpc) is 2.29. The fourth-order valence-electron chi connectivity index (χ4n) is 2.21. The fraction of sp³-hybridized carbons (Fsp3) is 0.917. The van der Waals surface area contributed by atoms with Crippen LogP contribution >= 0.6 is 0 Å². The molecule has 1 aliphatic carbocycles. The van der Waals surface area contributed by atoms with Gasteiger partial charge in [-0.3, -0.25) is 9.00 Å². The minimum absolute atomic E-state index is 0.00822. The number of carbonyl (C=O) groups is 1. The monoisotopic (exact) mass is 260 g/mol. The Labute approximate surface area is 106 Å². The van der Waals surface area contributed by atoms with Crippen LogP contribution < -0.4 is 11.1 Å². The lowest BCUT2D eigenvalue weighted by Crippen LogP contribution is -2.45. The zero-order valence-corrected chi connectivity index (χ0v) is 11.6. The molecule has 1 saturated carbocycles. The first-order valence-electron chi connectivity index (χ1n) is 6.44. The van der Waals surface area contributed by atoms with Gasteiger partial charge in [-0.1, -0.05) is 13.8 Å². The van der Waals surface area contributed by atoms with E-state index in [9.17, 15) is 9.00 Å². The molecule has 0 saturated heterocycles. The number of nitrogens with one attached hydrogen (secondary N) is 1. The molecule has 4 atom stereocenters. The molecule has 0 radical (unpaired) electrons. The van der Waals surface area contributed by atoms with Crippen LogP contribution in [0.5, 0.6) is 0 Å². The van der Waals surface area contributed by atoms with Crippen molar-refractivity contribution in [1.82, 2.24) is 5.32 Å². The summed E-state index contributed by atoms with van der Waals surface area (Å²) >= 11 is 0. The van der Waals surface area contributed by atoms with Gasteiger partial charge in [0.25, 0.3) is 0 Å². The lowest BCUT2D eigenvalue weighted by Gasteiger charge is -2.31. The molecule has 4 unspecified atom stereocenters. The maximum Gasteiger partial charge on any atom is 0.232 e. The molecule has 0 bridgehead atoms. The molecule has 0 aliphatic heterocycles. The van der Waals surface area contributed by atoms with Crippen molar-refractivity contribution >= 4 is 16.7 Å². The van der Waals surface area contributed by atoms with E-state index in [0.717, 1.165) is 25.7 Å². The van der Waals surface area contributed by atoms with Gasteiger partial charge in [-0.05, 0) is 31.6 Å². The predicted molar refractivity (Wildman–Crippen MR) is 71.1 cm³/mol. The number of nitrogens with two attached hydrogens (primary N) is 1. The van der Waals surface area contributed by atoms with Gasteiger partial charge in [0.05, 0.1) is 5.25 Å². The molecule has 0 aromatic carbocycles. The van der Waals surface area contributed by atoms with Crippen LogP contribution in [0.15, 0.2) is 0 Å². The normalized spacial score (nSPS) is 30.9. The third kappa shape index (κ3) is 4.76. The second-order valence-electron chi connectivity index (χ2n) is 5.00. The Morgan fingerprint density at radius 3 is 2.82 bits per heavy atom. The summed E-state index contributed by atoms with van der Waals surface area (Å²) in [6.07, 6.45) is 3.82. The van der Waals surface area contributed by atoms with Gasteiger partial charge in [-0.15, -0.1) is 0 Å². The highest BCUT2D eigenvalue weighted by atomic mass is 32.2. The van der Waals surface area contributed by atoms with E-state index < -0.39 is 10.8 Å². The Kier molecular flexibility index (Phi) is 6.12. The summed E-state index contributed by atoms with van der Waals surface area (Å²) in [4.78, 5) is 11.5.